The molecule has 7 heteroatoms. The zero-order valence-corrected chi connectivity index (χ0v) is 17.9. The summed E-state index contributed by atoms with van der Waals surface area (Å²) in [5.41, 5.74) is 6.48. The summed E-state index contributed by atoms with van der Waals surface area (Å²) in [5.74, 6) is 0.640. The fourth-order valence-corrected chi connectivity index (χ4v) is 5.04. The Labute approximate surface area is 174 Å². The molecule has 3 aliphatic rings. The van der Waals surface area contributed by atoms with E-state index in [9.17, 15) is 4.79 Å². The first kappa shape index (κ1) is 21.8. The van der Waals surface area contributed by atoms with Gasteiger partial charge in [0.05, 0.1) is 35.6 Å². The minimum atomic E-state index is -0.139. The molecule has 158 valence electrons. The third-order valence-corrected chi connectivity index (χ3v) is 7.11. The molecule has 3 rings (SSSR count). The number of amides is 1. The monoisotopic (exact) mass is 410 g/mol. The molecule has 2 aliphatic carbocycles. The van der Waals surface area contributed by atoms with E-state index in [1.54, 1.807) is 0 Å². The highest BCUT2D eigenvalue weighted by Crippen LogP contribution is 2.32. The fourth-order valence-electron chi connectivity index (χ4n) is 4.66. The van der Waals surface area contributed by atoms with Crippen LogP contribution < -0.4 is 16.2 Å². The number of rotatable bonds is 5. The lowest BCUT2D eigenvalue weighted by atomic mass is 9.87. The fraction of sp³-hybridized carbons (Fsp3) is 0.905. The number of hydrazine groups is 1. The van der Waals surface area contributed by atoms with Crippen LogP contribution in [0.25, 0.3) is 0 Å². The Morgan fingerprint density at radius 3 is 2.36 bits per heavy atom. The van der Waals surface area contributed by atoms with Gasteiger partial charge in [-0.05, 0) is 63.7 Å². The Morgan fingerprint density at radius 1 is 1.07 bits per heavy atom. The average molecular weight is 411 g/mol. The first-order valence-corrected chi connectivity index (χ1v) is 11.4. The van der Waals surface area contributed by atoms with Crippen LogP contribution in [-0.2, 0) is 9.53 Å². The molecule has 0 aromatic heterocycles. The minimum Gasteiger partial charge on any atom is -0.375 e. The van der Waals surface area contributed by atoms with Crippen LogP contribution in [-0.4, -0.2) is 41.6 Å². The largest absolute Gasteiger partial charge is 0.375 e. The van der Waals surface area contributed by atoms with Crippen LogP contribution in [0.5, 0.6) is 0 Å². The number of alkyl halides is 1. The first-order valence-electron chi connectivity index (χ1n) is 11.0. The summed E-state index contributed by atoms with van der Waals surface area (Å²) in [6.45, 7) is 4.39. The van der Waals surface area contributed by atoms with Crippen molar-refractivity contribution in [2.75, 3.05) is 0 Å². The molecule has 0 aromatic carbocycles. The van der Waals surface area contributed by atoms with Gasteiger partial charge in [-0.2, -0.15) is 5.26 Å². The highest BCUT2D eigenvalue weighted by atomic mass is 35.5. The molecule has 1 aliphatic heterocycles. The van der Waals surface area contributed by atoms with Gasteiger partial charge in [0, 0.05) is 12.1 Å². The second-order valence-electron chi connectivity index (χ2n) is 9.07. The van der Waals surface area contributed by atoms with E-state index in [4.69, 9.17) is 21.6 Å². The van der Waals surface area contributed by atoms with E-state index in [1.165, 1.54) is 0 Å². The normalized spacial score (nSPS) is 39.3. The summed E-state index contributed by atoms with van der Waals surface area (Å²) in [5, 5.41) is 12.2. The molecule has 3 N–H and O–H groups in total. The van der Waals surface area contributed by atoms with Crippen molar-refractivity contribution in [2.24, 2.45) is 11.8 Å². The van der Waals surface area contributed by atoms with E-state index in [0.29, 0.717) is 12.0 Å². The van der Waals surface area contributed by atoms with E-state index >= 15 is 0 Å². The number of ether oxygens (including phenoxy) is 1. The second kappa shape index (κ2) is 10.2. The summed E-state index contributed by atoms with van der Waals surface area (Å²) < 4.78 is 6.27. The van der Waals surface area contributed by atoms with Crippen molar-refractivity contribution in [2.45, 2.75) is 107 Å². The predicted octanol–water partition coefficient (Wildman–Crippen LogP) is 3.01. The molecule has 1 heterocycles. The van der Waals surface area contributed by atoms with Crippen molar-refractivity contribution in [3.05, 3.63) is 0 Å². The Kier molecular flexibility index (Phi) is 7.99. The van der Waals surface area contributed by atoms with Crippen molar-refractivity contribution in [1.82, 2.24) is 16.2 Å². The molecule has 0 aromatic rings. The second-order valence-corrected chi connectivity index (χ2v) is 9.63. The molecule has 0 spiro atoms. The maximum absolute atomic E-state index is 12.6. The molecule has 6 nitrogen and oxygen atoms in total. The van der Waals surface area contributed by atoms with Gasteiger partial charge in [0.2, 0.25) is 5.91 Å². The molecule has 5 atom stereocenters. The SMILES string of the molecule is CC(C)C1CCC(C(=O)NC2CCC(OC3CCC(C#N)C(Cl)C3)CC2)NN1. The first-order chi connectivity index (χ1) is 13.5. The number of nitrogens with zero attached hydrogens (tertiary/aromatic N) is 1. The van der Waals surface area contributed by atoms with E-state index in [-0.39, 0.29) is 41.5 Å². The van der Waals surface area contributed by atoms with E-state index in [1.807, 2.05) is 0 Å². The molecule has 1 amide bonds. The van der Waals surface area contributed by atoms with Crippen molar-refractivity contribution in [1.29, 1.82) is 5.26 Å². The third-order valence-electron chi connectivity index (χ3n) is 6.63. The topological polar surface area (TPSA) is 86.2 Å². The average Bonchev–Trinajstić information content (AvgIpc) is 2.69. The van der Waals surface area contributed by atoms with Crippen LogP contribution in [0, 0.1) is 23.2 Å². The van der Waals surface area contributed by atoms with Crippen LogP contribution in [0.2, 0.25) is 0 Å². The Morgan fingerprint density at radius 2 is 1.79 bits per heavy atom. The van der Waals surface area contributed by atoms with Gasteiger partial charge < -0.3 is 10.1 Å². The number of hydrogen-bond donors (Lipinski definition) is 3. The maximum atomic E-state index is 12.6. The van der Waals surface area contributed by atoms with Gasteiger partial charge in [-0.3, -0.25) is 10.2 Å². The van der Waals surface area contributed by atoms with Gasteiger partial charge in [0.1, 0.15) is 0 Å². The molecule has 0 bridgehead atoms. The van der Waals surface area contributed by atoms with E-state index < -0.39 is 0 Å². The Bertz CT molecular complexity index is 551. The number of hydrogen-bond acceptors (Lipinski definition) is 5. The highest BCUT2D eigenvalue weighted by molar-refractivity contribution is 6.21. The van der Waals surface area contributed by atoms with Crippen molar-refractivity contribution in [3.63, 3.8) is 0 Å². The van der Waals surface area contributed by atoms with Gasteiger partial charge >= 0.3 is 0 Å². The summed E-state index contributed by atoms with van der Waals surface area (Å²) in [7, 11) is 0. The number of nitriles is 1. The molecule has 3 fully saturated rings. The zero-order valence-electron chi connectivity index (χ0n) is 17.1. The number of halogens is 1. The summed E-state index contributed by atoms with van der Waals surface area (Å²) in [6.07, 6.45) is 8.74. The van der Waals surface area contributed by atoms with Gasteiger partial charge in [-0.25, -0.2) is 5.43 Å². The molecular weight excluding hydrogens is 376 g/mol. The van der Waals surface area contributed by atoms with E-state index in [2.05, 4.69) is 36.1 Å². The standard InChI is InChI=1S/C21H35ClN4O2/c1-13(2)19-9-10-20(26-25-19)21(27)24-15-4-7-16(8-5-15)28-17-6-3-14(12-23)18(22)11-17/h13-20,25-26H,3-11H2,1-2H3,(H,24,27). The van der Waals surface area contributed by atoms with Crippen LogP contribution in [0.1, 0.15) is 71.6 Å². The highest BCUT2D eigenvalue weighted by Gasteiger charge is 2.33. The number of carbonyl (C=O) groups is 1. The molecule has 28 heavy (non-hydrogen) atoms. The molecule has 1 saturated heterocycles. The van der Waals surface area contributed by atoms with Crippen LogP contribution >= 0.6 is 11.6 Å². The van der Waals surface area contributed by atoms with Gasteiger partial charge in [-0.15, -0.1) is 11.6 Å². The van der Waals surface area contributed by atoms with Gasteiger partial charge in [0.15, 0.2) is 0 Å². The lowest BCUT2D eigenvalue weighted by Crippen LogP contribution is -2.59. The minimum absolute atomic E-state index is 0.0360. The van der Waals surface area contributed by atoms with Crippen LogP contribution in [0.15, 0.2) is 0 Å². The number of nitrogens with one attached hydrogen (secondary N) is 3. The molecule has 5 unspecified atom stereocenters. The quantitative estimate of drug-likeness (QED) is 0.606. The van der Waals surface area contributed by atoms with E-state index in [0.717, 1.165) is 57.8 Å². The predicted molar refractivity (Wildman–Crippen MR) is 110 cm³/mol. The molecule has 0 radical (unpaired) electrons. The number of carbonyl (C=O) groups excluding carboxylic acids is 1. The van der Waals surface area contributed by atoms with Crippen molar-refractivity contribution < 1.29 is 9.53 Å². The lowest BCUT2D eigenvalue weighted by Gasteiger charge is -2.36. The summed E-state index contributed by atoms with van der Waals surface area (Å²) in [4.78, 5) is 12.6. The van der Waals surface area contributed by atoms with Crippen LogP contribution in [0.3, 0.4) is 0 Å². The molecule has 2 saturated carbocycles. The summed E-state index contributed by atoms with van der Waals surface area (Å²) >= 11 is 6.31. The zero-order chi connectivity index (χ0) is 20.1. The van der Waals surface area contributed by atoms with Gasteiger partial charge in [-0.1, -0.05) is 13.8 Å². The van der Waals surface area contributed by atoms with Crippen LogP contribution in [0.4, 0.5) is 0 Å². The van der Waals surface area contributed by atoms with Gasteiger partial charge in [0.25, 0.3) is 0 Å². The maximum Gasteiger partial charge on any atom is 0.238 e. The molecular formula is C21H35ClN4O2. The van der Waals surface area contributed by atoms with Crippen molar-refractivity contribution in [3.8, 4) is 6.07 Å². The Hall–Kier alpha value is -0.870. The lowest BCUT2D eigenvalue weighted by molar-refractivity contribution is -0.125. The third kappa shape index (κ3) is 5.82. The summed E-state index contributed by atoms with van der Waals surface area (Å²) in [6, 6.07) is 2.84. The van der Waals surface area contributed by atoms with Crippen molar-refractivity contribution >= 4 is 17.5 Å². The smallest absolute Gasteiger partial charge is 0.238 e. The Balaban J connectivity index is 1.34.